The molecule has 0 aliphatic rings. The molecule has 5 heteroatoms. The van der Waals surface area contributed by atoms with Crippen LogP contribution in [0.1, 0.15) is 9.88 Å². The summed E-state index contributed by atoms with van der Waals surface area (Å²) in [6, 6.07) is 6.09. The van der Waals surface area contributed by atoms with E-state index in [1.165, 1.54) is 4.88 Å². The highest BCUT2D eigenvalue weighted by atomic mass is 32.1. The minimum absolute atomic E-state index is 0.801. The molecular weight excluding hydrogens is 232 g/mol. The number of aromatic amines is 1. The molecule has 0 radical (unpaired) electrons. The van der Waals surface area contributed by atoms with Gasteiger partial charge in [0.15, 0.2) is 0 Å². The molecule has 3 aromatic rings. The van der Waals surface area contributed by atoms with Gasteiger partial charge in [-0.1, -0.05) is 6.07 Å². The number of hydrogen-bond acceptors (Lipinski definition) is 4. The van der Waals surface area contributed by atoms with E-state index in [0.29, 0.717) is 0 Å². The number of H-pyrrole nitrogens is 1. The van der Waals surface area contributed by atoms with Gasteiger partial charge in [-0.15, -0.1) is 11.3 Å². The van der Waals surface area contributed by atoms with Crippen molar-refractivity contribution in [3.63, 3.8) is 0 Å². The number of benzene rings is 1. The third-order valence-electron chi connectivity index (χ3n) is 2.61. The number of fused-ring (bicyclic) bond motifs is 1. The molecule has 0 aliphatic heterocycles. The number of rotatable bonds is 3. The molecule has 4 nitrogen and oxygen atoms in total. The summed E-state index contributed by atoms with van der Waals surface area (Å²) in [5, 5.41) is 12.6. The summed E-state index contributed by atoms with van der Waals surface area (Å²) in [5.41, 5.74) is 2.15. The molecule has 0 bridgehead atoms. The first kappa shape index (κ1) is 10.3. The molecule has 0 unspecified atom stereocenters. The lowest BCUT2D eigenvalue weighted by atomic mass is 10.2. The molecule has 2 aromatic heterocycles. The predicted octanol–water partition coefficient (Wildman–Crippen LogP) is 2.94. The second-order valence-electron chi connectivity index (χ2n) is 3.84. The topological polar surface area (TPSA) is 53.6 Å². The molecule has 0 fully saturated rings. The van der Waals surface area contributed by atoms with Gasteiger partial charge in [0.25, 0.3) is 0 Å². The Hall–Kier alpha value is -1.88. The zero-order chi connectivity index (χ0) is 11.7. The van der Waals surface area contributed by atoms with Crippen LogP contribution in [0, 0.1) is 6.92 Å². The van der Waals surface area contributed by atoms with Gasteiger partial charge in [0.05, 0.1) is 23.3 Å². The van der Waals surface area contributed by atoms with Gasteiger partial charge in [0.2, 0.25) is 0 Å². The van der Waals surface area contributed by atoms with E-state index in [9.17, 15) is 0 Å². The highest BCUT2D eigenvalue weighted by Crippen LogP contribution is 2.22. The molecule has 2 N–H and O–H groups in total. The summed E-state index contributed by atoms with van der Waals surface area (Å²) >= 11 is 1.72. The van der Waals surface area contributed by atoms with Gasteiger partial charge in [0.1, 0.15) is 0 Å². The van der Waals surface area contributed by atoms with Crippen molar-refractivity contribution >= 4 is 27.9 Å². The molecule has 17 heavy (non-hydrogen) atoms. The average Bonchev–Trinajstić information content (AvgIpc) is 2.94. The van der Waals surface area contributed by atoms with Crippen LogP contribution < -0.4 is 5.32 Å². The van der Waals surface area contributed by atoms with Gasteiger partial charge in [-0.05, 0) is 19.1 Å². The zero-order valence-corrected chi connectivity index (χ0v) is 10.2. The second-order valence-corrected chi connectivity index (χ2v) is 5.16. The molecule has 0 saturated heterocycles. The monoisotopic (exact) mass is 244 g/mol. The van der Waals surface area contributed by atoms with E-state index in [2.05, 4.69) is 26.6 Å². The van der Waals surface area contributed by atoms with E-state index in [-0.39, 0.29) is 0 Å². The number of anilines is 1. The van der Waals surface area contributed by atoms with Crippen molar-refractivity contribution in [1.29, 1.82) is 0 Å². The number of aryl methyl sites for hydroxylation is 1. The third kappa shape index (κ3) is 2.01. The minimum Gasteiger partial charge on any atom is -0.379 e. The number of nitrogens with zero attached hydrogens (tertiary/aromatic N) is 2. The number of nitrogens with one attached hydrogen (secondary N) is 2. The summed E-state index contributed by atoms with van der Waals surface area (Å²) in [5.74, 6) is 0. The molecule has 86 valence electrons. The Morgan fingerprint density at radius 1 is 1.35 bits per heavy atom. The van der Waals surface area contributed by atoms with Crippen molar-refractivity contribution in [1.82, 2.24) is 15.2 Å². The van der Waals surface area contributed by atoms with E-state index in [0.717, 1.165) is 28.1 Å². The summed E-state index contributed by atoms with van der Waals surface area (Å²) < 4.78 is 0. The predicted molar refractivity (Wildman–Crippen MR) is 70.3 cm³/mol. The Morgan fingerprint density at radius 3 is 3.12 bits per heavy atom. The summed E-state index contributed by atoms with van der Waals surface area (Å²) in [6.07, 6.45) is 3.76. The first-order valence-corrected chi connectivity index (χ1v) is 6.22. The molecule has 3 rings (SSSR count). The van der Waals surface area contributed by atoms with Crippen LogP contribution >= 0.6 is 11.3 Å². The van der Waals surface area contributed by atoms with E-state index < -0.39 is 0 Å². The molecule has 2 heterocycles. The van der Waals surface area contributed by atoms with Crippen LogP contribution in [-0.2, 0) is 6.54 Å². The standard InChI is InChI=1S/C12H12N4S/c1-8-13-5-9(17-8)6-14-11-3-2-4-12-10(11)7-15-16-12/h2-5,7,14H,6H2,1H3,(H,15,16). The van der Waals surface area contributed by atoms with Crippen molar-refractivity contribution in [3.8, 4) is 0 Å². The number of hydrogen-bond donors (Lipinski definition) is 2. The lowest BCUT2D eigenvalue weighted by molar-refractivity contribution is 1.12. The average molecular weight is 244 g/mol. The van der Waals surface area contributed by atoms with Crippen molar-refractivity contribution in [2.45, 2.75) is 13.5 Å². The fourth-order valence-corrected chi connectivity index (χ4v) is 2.53. The lowest BCUT2D eigenvalue weighted by Crippen LogP contribution is -1.97. The summed E-state index contributed by atoms with van der Waals surface area (Å²) in [4.78, 5) is 5.48. The van der Waals surface area contributed by atoms with Crippen LogP contribution in [-0.4, -0.2) is 15.2 Å². The molecule has 1 aromatic carbocycles. The normalized spacial score (nSPS) is 10.9. The third-order valence-corrected chi connectivity index (χ3v) is 3.52. The van der Waals surface area contributed by atoms with Gasteiger partial charge in [0, 0.05) is 22.1 Å². The summed E-state index contributed by atoms with van der Waals surface area (Å²) in [7, 11) is 0. The highest BCUT2D eigenvalue weighted by Gasteiger charge is 2.03. The molecule has 0 amide bonds. The number of thiazole rings is 1. The first-order valence-electron chi connectivity index (χ1n) is 5.40. The van der Waals surface area contributed by atoms with Crippen LogP contribution in [0.5, 0.6) is 0 Å². The Balaban J connectivity index is 1.83. The number of aromatic nitrogens is 3. The van der Waals surface area contributed by atoms with E-state index in [1.807, 2.05) is 31.5 Å². The lowest BCUT2D eigenvalue weighted by Gasteiger charge is -2.05. The Labute approximate surface area is 103 Å². The Bertz CT molecular complexity index is 641. The Morgan fingerprint density at radius 2 is 2.29 bits per heavy atom. The van der Waals surface area contributed by atoms with Crippen LogP contribution in [0.25, 0.3) is 10.9 Å². The molecule has 0 saturated carbocycles. The largest absolute Gasteiger partial charge is 0.379 e. The smallest absolute Gasteiger partial charge is 0.0897 e. The quantitative estimate of drug-likeness (QED) is 0.744. The van der Waals surface area contributed by atoms with E-state index in [1.54, 1.807) is 11.3 Å². The molecular formula is C12H12N4S. The fraction of sp³-hybridized carbons (Fsp3) is 0.167. The van der Waals surface area contributed by atoms with Crippen molar-refractivity contribution in [2.24, 2.45) is 0 Å². The van der Waals surface area contributed by atoms with E-state index >= 15 is 0 Å². The van der Waals surface area contributed by atoms with E-state index in [4.69, 9.17) is 0 Å². The fourth-order valence-electron chi connectivity index (χ4n) is 1.79. The van der Waals surface area contributed by atoms with Crippen molar-refractivity contribution in [3.05, 3.63) is 40.5 Å². The van der Waals surface area contributed by atoms with Gasteiger partial charge < -0.3 is 5.32 Å². The Kier molecular flexibility index (Phi) is 2.53. The molecule has 0 spiro atoms. The van der Waals surface area contributed by atoms with Gasteiger partial charge in [-0.25, -0.2) is 4.98 Å². The summed E-state index contributed by atoms with van der Waals surface area (Å²) in [6.45, 7) is 2.82. The van der Waals surface area contributed by atoms with Crippen LogP contribution in [0.15, 0.2) is 30.6 Å². The minimum atomic E-state index is 0.801. The SMILES string of the molecule is Cc1ncc(CNc2cccc3[nH]ncc23)s1. The van der Waals surface area contributed by atoms with Crippen molar-refractivity contribution < 1.29 is 0 Å². The van der Waals surface area contributed by atoms with Crippen LogP contribution in [0.4, 0.5) is 5.69 Å². The molecule has 0 atom stereocenters. The highest BCUT2D eigenvalue weighted by molar-refractivity contribution is 7.11. The van der Waals surface area contributed by atoms with Gasteiger partial charge >= 0.3 is 0 Å². The van der Waals surface area contributed by atoms with Gasteiger partial charge in [-0.2, -0.15) is 5.10 Å². The maximum atomic E-state index is 4.24. The maximum Gasteiger partial charge on any atom is 0.0897 e. The van der Waals surface area contributed by atoms with Crippen LogP contribution in [0.2, 0.25) is 0 Å². The zero-order valence-electron chi connectivity index (χ0n) is 9.40. The first-order chi connectivity index (χ1) is 8.33. The van der Waals surface area contributed by atoms with Crippen LogP contribution in [0.3, 0.4) is 0 Å². The van der Waals surface area contributed by atoms with Crippen molar-refractivity contribution in [2.75, 3.05) is 5.32 Å². The maximum absolute atomic E-state index is 4.24. The van der Waals surface area contributed by atoms with Gasteiger partial charge in [-0.3, -0.25) is 5.10 Å². The molecule has 0 aliphatic carbocycles. The second kappa shape index (κ2) is 4.18.